The molecular formula is C21H24N2O5S. The monoisotopic (exact) mass is 416 g/mol. The van der Waals surface area contributed by atoms with E-state index in [1.54, 1.807) is 13.2 Å². The number of benzene rings is 2. The van der Waals surface area contributed by atoms with E-state index in [1.165, 1.54) is 31.4 Å². The van der Waals surface area contributed by atoms with Crippen LogP contribution in [0.15, 0.2) is 47.4 Å². The summed E-state index contributed by atoms with van der Waals surface area (Å²) in [5.74, 6) is 0.596. The second kappa shape index (κ2) is 8.67. The molecule has 0 bridgehead atoms. The normalized spacial score (nSPS) is 14.0. The fraction of sp³-hybridized carbons (Fsp3) is 0.286. The Hall–Kier alpha value is -2.84. The summed E-state index contributed by atoms with van der Waals surface area (Å²) in [4.78, 5) is 12.5. The van der Waals surface area contributed by atoms with Gasteiger partial charge in [0.2, 0.25) is 15.9 Å². The lowest BCUT2D eigenvalue weighted by Crippen LogP contribution is -2.25. The van der Waals surface area contributed by atoms with Crippen LogP contribution in [-0.2, 0) is 14.8 Å². The van der Waals surface area contributed by atoms with Gasteiger partial charge in [-0.3, -0.25) is 4.79 Å². The zero-order valence-electron chi connectivity index (χ0n) is 16.6. The van der Waals surface area contributed by atoms with Crippen LogP contribution >= 0.6 is 0 Å². The second-order valence-corrected chi connectivity index (χ2v) is 8.54. The Kier molecular flexibility index (Phi) is 6.24. The van der Waals surface area contributed by atoms with Gasteiger partial charge in [0.05, 0.1) is 24.8 Å². The number of hydrogen-bond acceptors (Lipinski definition) is 5. The van der Waals surface area contributed by atoms with Gasteiger partial charge in [-0.15, -0.1) is 0 Å². The van der Waals surface area contributed by atoms with E-state index in [2.05, 4.69) is 10.0 Å². The Labute approximate surface area is 170 Å². The van der Waals surface area contributed by atoms with Crippen molar-refractivity contribution >= 4 is 27.7 Å². The van der Waals surface area contributed by atoms with Crippen LogP contribution in [0.3, 0.4) is 0 Å². The SMILES string of the molecule is COc1ccc(C)cc1/C=C/C(=O)Nc1cc(S(=O)(=O)NC2CC2)ccc1OC. The highest BCUT2D eigenvalue weighted by atomic mass is 32.2. The van der Waals surface area contributed by atoms with Gasteiger partial charge in [0.1, 0.15) is 11.5 Å². The van der Waals surface area contributed by atoms with Crippen molar-refractivity contribution in [2.75, 3.05) is 19.5 Å². The molecule has 29 heavy (non-hydrogen) atoms. The van der Waals surface area contributed by atoms with E-state index in [-0.39, 0.29) is 16.6 Å². The predicted molar refractivity (Wildman–Crippen MR) is 112 cm³/mol. The van der Waals surface area contributed by atoms with Gasteiger partial charge in [-0.25, -0.2) is 13.1 Å². The molecule has 1 amide bonds. The van der Waals surface area contributed by atoms with E-state index in [4.69, 9.17) is 9.47 Å². The molecule has 0 unspecified atom stereocenters. The van der Waals surface area contributed by atoms with Crippen LogP contribution in [0.25, 0.3) is 6.08 Å². The van der Waals surface area contributed by atoms with Gasteiger partial charge in [-0.2, -0.15) is 0 Å². The number of nitrogens with one attached hydrogen (secondary N) is 2. The van der Waals surface area contributed by atoms with Crippen LogP contribution < -0.4 is 19.5 Å². The number of aryl methyl sites for hydroxylation is 1. The van der Waals surface area contributed by atoms with E-state index in [1.807, 2.05) is 25.1 Å². The van der Waals surface area contributed by atoms with Crippen LogP contribution in [0.2, 0.25) is 0 Å². The smallest absolute Gasteiger partial charge is 0.248 e. The van der Waals surface area contributed by atoms with Crippen molar-refractivity contribution < 1.29 is 22.7 Å². The molecule has 0 heterocycles. The van der Waals surface area contributed by atoms with Gasteiger partial charge in [0.15, 0.2) is 0 Å². The Morgan fingerprint density at radius 2 is 1.76 bits per heavy atom. The lowest BCUT2D eigenvalue weighted by molar-refractivity contribution is -0.111. The first-order valence-corrected chi connectivity index (χ1v) is 10.6. The summed E-state index contributed by atoms with van der Waals surface area (Å²) in [5.41, 5.74) is 2.07. The molecule has 2 aromatic rings. The zero-order chi connectivity index (χ0) is 21.0. The van der Waals surface area contributed by atoms with Crippen LogP contribution in [0.5, 0.6) is 11.5 Å². The first-order valence-electron chi connectivity index (χ1n) is 9.16. The third kappa shape index (κ3) is 5.36. The standard InChI is InChI=1S/C21H24N2O5S/c1-14-4-9-19(27-2)15(12-14)5-11-21(24)22-18-13-17(8-10-20(18)28-3)29(25,26)23-16-6-7-16/h4-5,8-13,16,23H,6-7H2,1-3H3,(H,22,24)/b11-5+. The van der Waals surface area contributed by atoms with Gasteiger partial charge >= 0.3 is 0 Å². The highest BCUT2D eigenvalue weighted by Crippen LogP contribution is 2.29. The Morgan fingerprint density at radius 1 is 1.07 bits per heavy atom. The summed E-state index contributed by atoms with van der Waals surface area (Å²) in [7, 11) is -0.623. The average Bonchev–Trinajstić information content (AvgIpc) is 3.49. The number of hydrogen-bond donors (Lipinski definition) is 2. The lowest BCUT2D eigenvalue weighted by Gasteiger charge is -2.12. The highest BCUT2D eigenvalue weighted by molar-refractivity contribution is 7.89. The van der Waals surface area contributed by atoms with Gasteiger partial charge in [-0.05, 0) is 56.2 Å². The number of carbonyl (C=O) groups excluding carboxylic acids is 1. The maximum atomic E-state index is 12.4. The van der Waals surface area contributed by atoms with E-state index < -0.39 is 15.9 Å². The molecule has 154 valence electrons. The maximum absolute atomic E-state index is 12.4. The van der Waals surface area contributed by atoms with Crippen molar-refractivity contribution in [2.24, 2.45) is 0 Å². The molecule has 0 atom stereocenters. The van der Waals surface area contributed by atoms with Crippen molar-refractivity contribution in [3.63, 3.8) is 0 Å². The minimum atomic E-state index is -3.64. The molecule has 2 aromatic carbocycles. The van der Waals surface area contributed by atoms with Crippen molar-refractivity contribution in [1.29, 1.82) is 0 Å². The van der Waals surface area contributed by atoms with Crippen molar-refractivity contribution in [1.82, 2.24) is 4.72 Å². The molecular weight excluding hydrogens is 392 g/mol. The summed E-state index contributed by atoms with van der Waals surface area (Å²) in [5, 5.41) is 2.68. The van der Waals surface area contributed by atoms with E-state index in [0.29, 0.717) is 11.5 Å². The first kappa shape index (κ1) is 20.9. The van der Waals surface area contributed by atoms with Crippen molar-refractivity contribution in [3.8, 4) is 11.5 Å². The Balaban J connectivity index is 1.80. The minimum absolute atomic E-state index is 0.00705. The molecule has 2 N–H and O–H groups in total. The number of ether oxygens (including phenoxy) is 2. The molecule has 8 heteroatoms. The maximum Gasteiger partial charge on any atom is 0.248 e. The second-order valence-electron chi connectivity index (χ2n) is 6.83. The third-order valence-electron chi connectivity index (χ3n) is 4.44. The Bertz CT molecular complexity index is 1040. The summed E-state index contributed by atoms with van der Waals surface area (Å²) in [6.07, 6.45) is 4.68. The van der Waals surface area contributed by atoms with Crippen LogP contribution in [0, 0.1) is 6.92 Å². The van der Waals surface area contributed by atoms with Gasteiger partial charge < -0.3 is 14.8 Å². The molecule has 1 saturated carbocycles. The number of methoxy groups -OCH3 is 2. The number of sulfonamides is 1. The fourth-order valence-corrected chi connectivity index (χ4v) is 4.10. The average molecular weight is 416 g/mol. The molecule has 7 nitrogen and oxygen atoms in total. The lowest BCUT2D eigenvalue weighted by atomic mass is 10.1. The van der Waals surface area contributed by atoms with E-state index in [9.17, 15) is 13.2 Å². The van der Waals surface area contributed by atoms with Crippen molar-refractivity contribution in [3.05, 3.63) is 53.6 Å². The summed E-state index contributed by atoms with van der Waals surface area (Å²) >= 11 is 0. The molecule has 0 aromatic heterocycles. The fourth-order valence-electron chi connectivity index (χ4n) is 2.76. The van der Waals surface area contributed by atoms with Crippen LogP contribution in [-0.4, -0.2) is 34.6 Å². The van der Waals surface area contributed by atoms with E-state index >= 15 is 0 Å². The number of rotatable bonds is 8. The molecule has 0 radical (unpaired) electrons. The van der Waals surface area contributed by atoms with E-state index in [0.717, 1.165) is 24.0 Å². The quantitative estimate of drug-likeness (QED) is 0.645. The summed E-state index contributed by atoms with van der Waals surface area (Å²) < 4.78 is 38.1. The molecule has 0 spiro atoms. The number of carbonyl (C=O) groups is 1. The molecule has 3 rings (SSSR count). The molecule has 0 saturated heterocycles. The molecule has 1 aliphatic carbocycles. The molecule has 1 fully saturated rings. The van der Waals surface area contributed by atoms with Gasteiger partial charge in [0.25, 0.3) is 0 Å². The first-order chi connectivity index (χ1) is 13.8. The summed E-state index contributed by atoms with van der Waals surface area (Å²) in [6.45, 7) is 1.95. The Morgan fingerprint density at radius 3 is 2.41 bits per heavy atom. The van der Waals surface area contributed by atoms with Gasteiger partial charge in [0, 0.05) is 17.7 Å². The summed E-state index contributed by atoms with van der Waals surface area (Å²) in [6, 6.07) is 10.0. The third-order valence-corrected chi connectivity index (χ3v) is 5.96. The largest absolute Gasteiger partial charge is 0.496 e. The molecule has 1 aliphatic rings. The number of anilines is 1. The van der Waals surface area contributed by atoms with Crippen LogP contribution in [0.4, 0.5) is 5.69 Å². The van der Waals surface area contributed by atoms with Crippen molar-refractivity contribution in [2.45, 2.75) is 30.7 Å². The topological polar surface area (TPSA) is 93.7 Å². The minimum Gasteiger partial charge on any atom is -0.496 e. The number of amides is 1. The predicted octanol–water partition coefficient (Wildman–Crippen LogP) is 3.10. The molecule has 0 aliphatic heterocycles. The zero-order valence-corrected chi connectivity index (χ0v) is 17.4. The van der Waals surface area contributed by atoms with Gasteiger partial charge in [-0.1, -0.05) is 11.6 Å². The van der Waals surface area contributed by atoms with Crippen LogP contribution in [0.1, 0.15) is 24.0 Å². The highest BCUT2D eigenvalue weighted by Gasteiger charge is 2.28.